The molecule has 0 bridgehead atoms. The summed E-state index contributed by atoms with van der Waals surface area (Å²) >= 11 is 0. The molecule has 2 aromatic heterocycles. The minimum Gasteiger partial charge on any atom is -0.418 e. The normalized spacial score (nSPS) is 18.5. The van der Waals surface area contributed by atoms with Gasteiger partial charge in [0.25, 0.3) is 5.89 Å². The summed E-state index contributed by atoms with van der Waals surface area (Å²) in [7, 11) is 0. The molecule has 0 saturated carbocycles. The Morgan fingerprint density at radius 1 is 1.23 bits per heavy atom. The van der Waals surface area contributed by atoms with E-state index in [-0.39, 0.29) is 29.8 Å². The van der Waals surface area contributed by atoms with Crippen LogP contribution in [0, 0.1) is 11.3 Å². The number of rotatable bonds is 5. The van der Waals surface area contributed by atoms with E-state index in [2.05, 4.69) is 25.8 Å². The maximum atomic E-state index is 12.8. The predicted molar refractivity (Wildman–Crippen MR) is 102 cm³/mol. The molecule has 1 atom stereocenters. The van der Waals surface area contributed by atoms with Crippen LogP contribution in [0.3, 0.4) is 0 Å². The van der Waals surface area contributed by atoms with E-state index < -0.39 is 17.2 Å². The third-order valence-corrected chi connectivity index (χ3v) is 4.99. The van der Waals surface area contributed by atoms with Crippen LogP contribution in [-0.2, 0) is 16.4 Å². The standard InChI is InChI=1S/C20H15F3N6O2/c21-20(22,23)12-3-5-13(6-4-12)27-14-2-1-10-25-15(14)16-28-29-18(31-16)19(7-9-24)8-11-26-17(19)30/h1-6,10,27H,7-8,11H2,(H,26,30). The smallest absolute Gasteiger partial charge is 0.416 e. The van der Waals surface area contributed by atoms with Crippen molar-refractivity contribution in [3.63, 3.8) is 0 Å². The molecule has 11 heteroatoms. The lowest BCUT2D eigenvalue weighted by Gasteiger charge is -2.17. The van der Waals surface area contributed by atoms with E-state index in [4.69, 9.17) is 9.68 Å². The molecule has 1 amide bonds. The van der Waals surface area contributed by atoms with Gasteiger partial charge in [0, 0.05) is 18.4 Å². The Labute approximate surface area is 174 Å². The molecule has 8 nitrogen and oxygen atoms in total. The second-order valence-corrected chi connectivity index (χ2v) is 6.93. The maximum Gasteiger partial charge on any atom is 0.416 e. The van der Waals surface area contributed by atoms with Crippen LogP contribution in [-0.4, -0.2) is 27.6 Å². The van der Waals surface area contributed by atoms with Gasteiger partial charge in [0.1, 0.15) is 5.41 Å². The highest BCUT2D eigenvalue weighted by Gasteiger charge is 2.48. The summed E-state index contributed by atoms with van der Waals surface area (Å²) in [5.74, 6) is -0.319. The predicted octanol–water partition coefficient (Wildman–Crippen LogP) is 3.57. The van der Waals surface area contributed by atoms with Gasteiger partial charge in [-0.2, -0.15) is 18.4 Å². The molecule has 3 aromatic rings. The molecule has 1 fully saturated rings. The quantitative estimate of drug-likeness (QED) is 0.638. The highest BCUT2D eigenvalue weighted by molar-refractivity contribution is 5.89. The molecular formula is C20H15F3N6O2. The molecular weight excluding hydrogens is 413 g/mol. The second-order valence-electron chi connectivity index (χ2n) is 6.93. The van der Waals surface area contributed by atoms with Crippen LogP contribution in [0.15, 0.2) is 47.0 Å². The van der Waals surface area contributed by atoms with Crippen molar-refractivity contribution in [3.8, 4) is 17.7 Å². The topological polar surface area (TPSA) is 117 Å². The summed E-state index contributed by atoms with van der Waals surface area (Å²) in [6.45, 7) is 0.391. The van der Waals surface area contributed by atoms with Gasteiger partial charge in [-0.3, -0.25) is 4.79 Å². The third kappa shape index (κ3) is 3.79. The molecule has 1 saturated heterocycles. The number of benzene rings is 1. The van der Waals surface area contributed by atoms with E-state index in [1.165, 1.54) is 18.3 Å². The van der Waals surface area contributed by atoms with Gasteiger partial charge in [0.05, 0.1) is 23.7 Å². The molecule has 4 rings (SSSR count). The van der Waals surface area contributed by atoms with E-state index in [0.717, 1.165) is 12.1 Å². The maximum absolute atomic E-state index is 12.8. The number of pyridine rings is 1. The number of alkyl halides is 3. The van der Waals surface area contributed by atoms with Gasteiger partial charge >= 0.3 is 6.18 Å². The zero-order valence-electron chi connectivity index (χ0n) is 15.9. The monoisotopic (exact) mass is 428 g/mol. The molecule has 1 aliphatic heterocycles. The first-order valence-electron chi connectivity index (χ1n) is 9.22. The van der Waals surface area contributed by atoms with Crippen LogP contribution >= 0.6 is 0 Å². The summed E-state index contributed by atoms with van der Waals surface area (Å²) in [4.78, 5) is 16.6. The molecule has 0 spiro atoms. The number of anilines is 2. The van der Waals surface area contributed by atoms with Gasteiger partial charge in [-0.05, 0) is 42.8 Å². The molecule has 0 radical (unpaired) electrons. The fourth-order valence-electron chi connectivity index (χ4n) is 3.34. The minimum atomic E-state index is -4.43. The fourth-order valence-corrected chi connectivity index (χ4v) is 3.34. The Morgan fingerprint density at radius 3 is 2.65 bits per heavy atom. The van der Waals surface area contributed by atoms with E-state index >= 15 is 0 Å². The SMILES string of the molecule is N#CCC1(c2nnc(-c3ncccc3Nc3ccc(C(F)(F)F)cc3)o2)CCNC1=O. The summed E-state index contributed by atoms with van der Waals surface area (Å²) < 4.78 is 44.0. The van der Waals surface area contributed by atoms with Crippen molar-refractivity contribution in [2.24, 2.45) is 0 Å². The van der Waals surface area contributed by atoms with Gasteiger partial charge in [0.15, 0.2) is 5.69 Å². The van der Waals surface area contributed by atoms with Crippen molar-refractivity contribution in [1.29, 1.82) is 5.26 Å². The van der Waals surface area contributed by atoms with E-state index in [9.17, 15) is 18.0 Å². The summed E-state index contributed by atoms with van der Waals surface area (Å²) in [6, 6.07) is 9.80. The van der Waals surface area contributed by atoms with Crippen LogP contribution in [0.25, 0.3) is 11.6 Å². The zero-order chi connectivity index (χ0) is 22.1. The number of nitrogens with one attached hydrogen (secondary N) is 2. The lowest BCUT2D eigenvalue weighted by molar-refractivity contribution is -0.137. The van der Waals surface area contributed by atoms with Gasteiger partial charge in [0.2, 0.25) is 11.8 Å². The first-order valence-corrected chi connectivity index (χ1v) is 9.22. The molecule has 1 unspecified atom stereocenters. The highest BCUT2D eigenvalue weighted by Crippen LogP contribution is 2.37. The molecule has 1 aromatic carbocycles. The number of carbonyl (C=O) groups excluding carboxylic acids is 1. The molecule has 1 aliphatic rings. The van der Waals surface area contributed by atoms with Crippen LogP contribution in [0.5, 0.6) is 0 Å². The summed E-state index contributed by atoms with van der Waals surface area (Å²) in [5, 5.41) is 22.8. The Kier molecular flexibility index (Phi) is 5.06. The third-order valence-electron chi connectivity index (χ3n) is 4.99. The molecule has 3 heterocycles. The highest BCUT2D eigenvalue weighted by atomic mass is 19.4. The van der Waals surface area contributed by atoms with Gasteiger partial charge in [-0.1, -0.05) is 0 Å². The number of aromatic nitrogens is 3. The summed E-state index contributed by atoms with van der Waals surface area (Å²) in [5.41, 5.74) is -0.897. The van der Waals surface area contributed by atoms with Crippen LogP contribution in [0.2, 0.25) is 0 Å². The van der Waals surface area contributed by atoms with Crippen molar-refractivity contribution >= 4 is 17.3 Å². The first-order chi connectivity index (χ1) is 14.8. The number of nitriles is 1. The second kappa shape index (κ2) is 7.71. The number of hydrogen-bond acceptors (Lipinski definition) is 7. The van der Waals surface area contributed by atoms with Crippen molar-refractivity contribution in [3.05, 3.63) is 54.0 Å². The van der Waals surface area contributed by atoms with Gasteiger partial charge in [-0.15, -0.1) is 10.2 Å². The van der Waals surface area contributed by atoms with Gasteiger partial charge < -0.3 is 15.1 Å². The fraction of sp³-hybridized carbons (Fsp3) is 0.250. The number of hydrogen-bond donors (Lipinski definition) is 2. The van der Waals surface area contributed by atoms with E-state index in [1.54, 1.807) is 12.1 Å². The largest absolute Gasteiger partial charge is 0.418 e. The Hall–Kier alpha value is -3.94. The summed E-state index contributed by atoms with van der Waals surface area (Å²) in [6.07, 6.45) is -2.70. The average molecular weight is 428 g/mol. The number of nitrogens with zero attached hydrogens (tertiary/aromatic N) is 4. The Balaban J connectivity index is 1.64. The zero-order valence-corrected chi connectivity index (χ0v) is 15.9. The Bertz CT molecular complexity index is 1150. The molecule has 0 aliphatic carbocycles. The van der Waals surface area contributed by atoms with Crippen LogP contribution in [0.1, 0.15) is 24.3 Å². The lowest BCUT2D eigenvalue weighted by atomic mass is 9.83. The number of amides is 1. The first kappa shape index (κ1) is 20.3. The van der Waals surface area contributed by atoms with E-state index in [1.807, 2.05) is 6.07 Å². The van der Waals surface area contributed by atoms with Crippen LogP contribution < -0.4 is 10.6 Å². The van der Waals surface area contributed by atoms with Crippen molar-refractivity contribution in [2.75, 3.05) is 11.9 Å². The Morgan fingerprint density at radius 2 is 2.00 bits per heavy atom. The van der Waals surface area contributed by atoms with Crippen molar-refractivity contribution in [1.82, 2.24) is 20.5 Å². The number of carbonyl (C=O) groups is 1. The van der Waals surface area contributed by atoms with Gasteiger partial charge in [-0.25, -0.2) is 4.98 Å². The minimum absolute atomic E-state index is 0.0158. The number of halogens is 3. The van der Waals surface area contributed by atoms with Crippen molar-refractivity contribution in [2.45, 2.75) is 24.4 Å². The molecule has 31 heavy (non-hydrogen) atoms. The van der Waals surface area contributed by atoms with Crippen LogP contribution in [0.4, 0.5) is 24.5 Å². The van der Waals surface area contributed by atoms with E-state index in [0.29, 0.717) is 24.3 Å². The van der Waals surface area contributed by atoms with Crippen molar-refractivity contribution < 1.29 is 22.4 Å². The molecule has 2 N–H and O–H groups in total. The molecule has 158 valence electrons. The average Bonchev–Trinajstić information content (AvgIpc) is 3.37. The lowest BCUT2D eigenvalue weighted by Crippen LogP contribution is -2.35.